The highest BCUT2D eigenvalue weighted by Gasteiger charge is 2.40. The lowest BCUT2D eigenvalue weighted by Crippen LogP contribution is -2.49. The number of ether oxygens (including phenoxy) is 2. The Morgan fingerprint density at radius 2 is 1.83 bits per heavy atom. The van der Waals surface area contributed by atoms with Gasteiger partial charge >= 0.3 is 12.1 Å². The van der Waals surface area contributed by atoms with Crippen molar-refractivity contribution in [3.8, 4) is 11.8 Å². The van der Waals surface area contributed by atoms with Crippen LogP contribution >= 0.6 is 0 Å². The fraction of sp³-hybridized carbons (Fsp3) is 0.458. The molecule has 2 aromatic rings. The Morgan fingerprint density at radius 1 is 1.20 bits per heavy atom. The van der Waals surface area contributed by atoms with Crippen LogP contribution in [0.3, 0.4) is 0 Å². The quantitative estimate of drug-likeness (QED) is 0.470. The first-order valence-corrected chi connectivity index (χ1v) is 11.2. The maximum Gasteiger partial charge on any atom is 0.410 e. The third kappa shape index (κ3) is 6.29. The number of rotatable bonds is 6. The summed E-state index contributed by atoms with van der Waals surface area (Å²) in [6, 6.07) is 8.77. The van der Waals surface area contributed by atoms with E-state index in [0.717, 1.165) is 0 Å². The van der Waals surface area contributed by atoms with Crippen molar-refractivity contribution in [1.82, 2.24) is 14.7 Å². The minimum absolute atomic E-state index is 0.144. The molecule has 0 spiro atoms. The summed E-state index contributed by atoms with van der Waals surface area (Å²) in [5.74, 6) is -0.479. The van der Waals surface area contributed by atoms with Crippen LogP contribution in [0.25, 0.3) is 0 Å². The first-order chi connectivity index (χ1) is 16.4. The molecular formula is C24H30N6O5. The zero-order valence-corrected chi connectivity index (χ0v) is 20.3. The topological polar surface area (TPSA) is 153 Å². The lowest BCUT2D eigenvalue weighted by Gasteiger charge is -2.40. The van der Waals surface area contributed by atoms with Gasteiger partial charge in [0.25, 0.3) is 5.91 Å². The van der Waals surface area contributed by atoms with Crippen LogP contribution in [-0.2, 0) is 15.1 Å². The van der Waals surface area contributed by atoms with Crippen molar-refractivity contribution in [1.29, 1.82) is 5.26 Å². The van der Waals surface area contributed by atoms with Gasteiger partial charge in [0.05, 0.1) is 18.0 Å². The molecule has 1 aliphatic heterocycles. The molecule has 0 aliphatic carbocycles. The minimum atomic E-state index is -0.712. The van der Waals surface area contributed by atoms with Gasteiger partial charge in [-0.25, -0.2) is 4.79 Å². The molecule has 11 nitrogen and oxygen atoms in total. The van der Waals surface area contributed by atoms with Crippen molar-refractivity contribution in [2.24, 2.45) is 5.73 Å². The number of aromatic nitrogens is 2. The molecule has 1 aromatic heterocycles. The number of benzene rings is 1. The Morgan fingerprint density at radius 3 is 2.34 bits per heavy atom. The van der Waals surface area contributed by atoms with E-state index in [9.17, 15) is 19.6 Å². The minimum Gasteiger partial charge on any atom is -0.444 e. The number of esters is 1. The first-order valence-electron chi connectivity index (χ1n) is 11.2. The summed E-state index contributed by atoms with van der Waals surface area (Å²) in [7, 11) is 0. The summed E-state index contributed by atoms with van der Waals surface area (Å²) in [6.07, 6.45) is 2.19. The predicted molar refractivity (Wildman–Crippen MR) is 127 cm³/mol. The molecule has 0 saturated carbocycles. The van der Waals surface area contributed by atoms with Gasteiger partial charge in [-0.15, -0.1) is 0 Å². The van der Waals surface area contributed by atoms with Gasteiger partial charge in [0, 0.05) is 31.9 Å². The zero-order chi connectivity index (χ0) is 25.8. The van der Waals surface area contributed by atoms with Crippen LogP contribution in [0.2, 0.25) is 0 Å². The average Bonchev–Trinajstić information content (AvgIpc) is 3.19. The van der Waals surface area contributed by atoms with E-state index in [-0.39, 0.29) is 17.8 Å². The first kappa shape index (κ1) is 25.6. The molecule has 1 fully saturated rings. The molecule has 35 heavy (non-hydrogen) atoms. The summed E-state index contributed by atoms with van der Waals surface area (Å²) < 4.78 is 12.1. The van der Waals surface area contributed by atoms with Crippen LogP contribution in [0.15, 0.2) is 30.5 Å². The van der Waals surface area contributed by atoms with E-state index < -0.39 is 29.1 Å². The number of primary amides is 1. The molecule has 0 atom stereocenters. The van der Waals surface area contributed by atoms with Crippen LogP contribution in [0.5, 0.6) is 5.75 Å². The Kier molecular flexibility index (Phi) is 7.34. The Hall–Kier alpha value is -4.07. The number of nitrogens with zero attached hydrogens (tertiary/aromatic N) is 4. The van der Waals surface area contributed by atoms with Crippen LogP contribution in [0.4, 0.5) is 16.3 Å². The molecule has 1 saturated heterocycles. The Balaban J connectivity index is 1.83. The monoisotopic (exact) mass is 482 g/mol. The number of nitriles is 1. The molecule has 1 aliphatic rings. The van der Waals surface area contributed by atoms with E-state index in [1.165, 1.54) is 6.92 Å². The number of carbonyl (C=O) groups is 3. The fourth-order valence-electron chi connectivity index (χ4n) is 3.86. The number of likely N-dealkylation sites (tertiary alicyclic amines) is 1. The van der Waals surface area contributed by atoms with Gasteiger partial charge in [-0.3, -0.25) is 14.3 Å². The smallest absolute Gasteiger partial charge is 0.410 e. The highest BCUT2D eigenvalue weighted by Crippen LogP contribution is 2.35. The van der Waals surface area contributed by atoms with E-state index in [1.807, 2.05) is 20.8 Å². The molecule has 3 N–H and O–H groups in total. The van der Waals surface area contributed by atoms with E-state index in [1.54, 1.807) is 40.0 Å². The van der Waals surface area contributed by atoms with E-state index in [4.69, 9.17) is 15.2 Å². The third-order valence-corrected chi connectivity index (χ3v) is 5.60. The zero-order valence-electron chi connectivity index (χ0n) is 20.3. The van der Waals surface area contributed by atoms with Gasteiger partial charge < -0.3 is 25.4 Å². The van der Waals surface area contributed by atoms with Gasteiger partial charge in [0.2, 0.25) is 0 Å². The molecule has 3 rings (SSSR count). The largest absolute Gasteiger partial charge is 0.444 e. The van der Waals surface area contributed by atoms with Crippen LogP contribution < -0.4 is 15.8 Å². The number of piperidine rings is 1. The number of nitrogens with one attached hydrogen (secondary N) is 1. The molecule has 0 radical (unpaired) electrons. The molecule has 2 amide bonds. The van der Waals surface area contributed by atoms with Crippen molar-refractivity contribution in [3.05, 3.63) is 36.0 Å². The van der Waals surface area contributed by atoms with Gasteiger partial charge in [-0.2, -0.15) is 10.4 Å². The van der Waals surface area contributed by atoms with Gasteiger partial charge in [-0.1, -0.05) is 0 Å². The lowest BCUT2D eigenvalue weighted by molar-refractivity contribution is -0.131. The second-order valence-electron chi connectivity index (χ2n) is 9.47. The summed E-state index contributed by atoms with van der Waals surface area (Å²) in [4.78, 5) is 37.4. The molecule has 0 unspecified atom stereocenters. The molecule has 2 heterocycles. The summed E-state index contributed by atoms with van der Waals surface area (Å²) >= 11 is 0. The van der Waals surface area contributed by atoms with Gasteiger partial charge in [-0.05, 0) is 57.9 Å². The van der Waals surface area contributed by atoms with E-state index in [2.05, 4.69) is 16.5 Å². The number of anilines is 2. The molecule has 1 aromatic carbocycles. The highest BCUT2D eigenvalue weighted by atomic mass is 16.6. The fourth-order valence-corrected chi connectivity index (χ4v) is 3.86. The Bertz CT molecular complexity index is 1130. The normalized spacial score (nSPS) is 15.1. The van der Waals surface area contributed by atoms with E-state index >= 15 is 0 Å². The number of carbonyl (C=O) groups excluding carboxylic acids is 3. The van der Waals surface area contributed by atoms with Crippen LogP contribution in [0, 0.1) is 11.3 Å². The van der Waals surface area contributed by atoms with Gasteiger partial charge in [0.15, 0.2) is 5.82 Å². The summed E-state index contributed by atoms with van der Waals surface area (Å²) in [5, 5.41) is 17.2. The van der Waals surface area contributed by atoms with Crippen molar-refractivity contribution >= 4 is 29.5 Å². The van der Waals surface area contributed by atoms with Crippen molar-refractivity contribution < 1.29 is 23.9 Å². The van der Waals surface area contributed by atoms with Crippen molar-refractivity contribution in [3.63, 3.8) is 0 Å². The molecular weight excluding hydrogens is 452 g/mol. The summed E-state index contributed by atoms with van der Waals surface area (Å²) in [5.41, 5.74) is 5.06. The molecule has 11 heteroatoms. The average molecular weight is 483 g/mol. The van der Waals surface area contributed by atoms with Crippen molar-refractivity contribution in [2.75, 3.05) is 18.4 Å². The standard InChI is InChI=1S/C24H30N6O5/c1-16(31)34-18-7-5-17(6-8-18)27-21-19(20(26)32)15-30(28-21)24(9-12-25)10-13-29(14-11-24)22(33)35-23(2,3)4/h5-8,15H,9-11,13-14H2,1-4H3,(H2,26,32)(H,27,28). The number of nitrogens with two attached hydrogens (primary N) is 1. The third-order valence-electron chi connectivity index (χ3n) is 5.60. The second kappa shape index (κ2) is 10.0. The maximum atomic E-state index is 12.5. The second-order valence-corrected chi connectivity index (χ2v) is 9.47. The molecule has 186 valence electrons. The molecule has 0 bridgehead atoms. The van der Waals surface area contributed by atoms with Crippen LogP contribution in [0.1, 0.15) is 57.3 Å². The Labute approximate surface area is 203 Å². The van der Waals surface area contributed by atoms with Crippen molar-refractivity contribution in [2.45, 2.75) is 58.1 Å². The number of hydrogen-bond donors (Lipinski definition) is 2. The SMILES string of the molecule is CC(=O)Oc1ccc(Nc2nn(C3(CC#N)CCN(C(=O)OC(C)(C)C)CC3)cc2C(N)=O)cc1. The van der Waals surface area contributed by atoms with Crippen LogP contribution in [-0.4, -0.2) is 51.3 Å². The number of hydrogen-bond acceptors (Lipinski definition) is 8. The maximum absolute atomic E-state index is 12.5. The number of amides is 2. The highest BCUT2D eigenvalue weighted by molar-refractivity contribution is 5.98. The van der Waals surface area contributed by atoms with Gasteiger partial charge in [0.1, 0.15) is 16.9 Å². The lowest BCUT2D eigenvalue weighted by atomic mass is 9.85. The van der Waals surface area contributed by atoms with E-state index in [0.29, 0.717) is 37.4 Å². The summed E-state index contributed by atoms with van der Waals surface area (Å²) in [6.45, 7) is 7.49. The predicted octanol–water partition coefficient (Wildman–Crippen LogP) is 3.29.